The molecule has 0 saturated heterocycles. The van der Waals surface area contributed by atoms with Crippen molar-refractivity contribution in [3.05, 3.63) is 77.8 Å². The van der Waals surface area contributed by atoms with Crippen LogP contribution < -0.4 is 5.48 Å². The van der Waals surface area contributed by atoms with Crippen molar-refractivity contribution in [3.8, 4) is 0 Å². The number of aromatic nitrogens is 1. The lowest BCUT2D eigenvalue weighted by Gasteiger charge is -1.98. The SMILES string of the molecule is Cn1cc(C(=O)Cc2ccccc2)cc1/C=C/C=C/NO. The first-order valence-electron chi connectivity index (χ1n) is 6.67. The van der Waals surface area contributed by atoms with E-state index in [-0.39, 0.29) is 5.78 Å². The summed E-state index contributed by atoms with van der Waals surface area (Å²) in [5.41, 5.74) is 4.57. The summed E-state index contributed by atoms with van der Waals surface area (Å²) in [4.78, 5) is 12.3. The molecule has 108 valence electrons. The lowest BCUT2D eigenvalue weighted by Crippen LogP contribution is -2.02. The Morgan fingerprint density at radius 3 is 2.76 bits per heavy atom. The molecule has 2 aromatic rings. The zero-order valence-electron chi connectivity index (χ0n) is 11.9. The van der Waals surface area contributed by atoms with Gasteiger partial charge in [-0.25, -0.2) is 0 Å². The molecule has 0 unspecified atom stereocenters. The van der Waals surface area contributed by atoms with Gasteiger partial charge in [0.1, 0.15) is 0 Å². The van der Waals surface area contributed by atoms with E-state index >= 15 is 0 Å². The number of nitrogens with zero attached hydrogens (tertiary/aromatic N) is 1. The molecule has 1 aromatic carbocycles. The van der Waals surface area contributed by atoms with Crippen LogP contribution in [-0.2, 0) is 13.5 Å². The van der Waals surface area contributed by atoms with Gasteiger partial charge in [0.15, 0.2) is 5.78 Å². The summed E-state index contributed by atoms with van der Waals surface area (Å²) in [7, 11) is 1.90. The molecule has 0 fully saturated rings. The van der Waals surface area contributed by atoms with Crippen LogP contribution in [0.4, 0.5) is 0 Å². The van der Waals surface area contributed by atoms with Gasteiger partial charge in [-0.15, -0.1) is 0 Å². The smallest absolute Gasteiger partial charge is 0.168 e. The zero-order valence-corrected chi connectivity index (χ0v) is 11.9. The number of allylic oxidation sites excluding steroid dienone is 2. The summed E-state index contributed by atoms with van der Waals surface area (Å²) in [6, 6.07) is 11.6. The molecule has 2 N–H and O–H groups in total. The Morgan fingerprint density at radius 2 is 2.05 bits per heavy atom. The Balaban J connectivity index is 2.09. The monoisotopic (exact) mass is 282 g/mol. The van der Waals surface area contributed by atoms with Crippen LogP contribution >= 0.6 is 0 Å². The molecule has 1 aromatic heterocycles. The predicted molar refractivity (Wildman–Crippen MR) is 83.0 cm³/mol. The lowest BCUT2D eigenvalue weighted by molar-refractivity contribution is 0.0993. The van der Waals surface area contributed by atoms with Gasteiger partial charge in [-0.05, 0) is 23.8 Å². The van der Waals surface area contributed by atoms with E-state index in [1.54, 1.807) is 12.2 Å². The van der Waals surface area contributed by atoms with E-state index in [1.807, 2.05) is 65.8 Å². The fraction of sp³-hybridized carbons (Fsp3) is 0.118. The quantitative estimate of drug-likeness (QED) is 0.486. The number of aryl methyl sites for hydroxylation is 1. The molecule has 0 saturated carbocycles. The minimum absolute atomic E-state index is 0.101. The van der Waals surface area contributed by atoms with Crippen molar-refractivity contribution in [1.82, 2.24) is 10.0 Å². The summed E-state index contributed by atoms with van der Waals surface area (Å²) in [6.07, 6.45) is 8.96. The fourth-order valence-electron chi connectivity index (χ4n) is 2.04. The first-order chi connectivity index (χ1) is 10.2. The second-order valence-electron chi connectivity index (χ2n) is 4.70. The number of Topliss-reactive ketones (excluding diaryl/α,β-unsaturated/α-hetero) is 1. The van der Waals surface area contributed by atoms with E-state index in [9.17, 15) is 4.79 Å². The molecule has 0 aliphatic rings. The predicted octanol–water partition coefficient (Wildman–Crippen LogP) is 2.96. The summed E-state index contributed by atoms with van der Waals surface area (Å²) in [5.74, 6) is 0.101. The number of carbonyl (C=O) groups is 1. The topological polar surface area (TPSA) is 54.3 Å². The van der Waals surface area contributed by atoms with Crippen LogP contribution in [0.15, 0.2) is 60.9 Å². The standard InChI is InChI=1S/C17H18N2O2/c1-19-13-15(12-16(19)9-5-6-10-18-21)17(20)11-14-7-3-2-4-8-14/h2-10,12-13,18,21H,11H2,1H3/b9-5+,10-6+. The van der Waals surface area contributed by atoms with Crippen LogP contribution in [0.2, 0.25) is 0 Å². The average molecular weight is 282 g/mol. The van der Waals surface area contributed by atoms with Crippen molar-refractivity contribution in [1.29, 1.82) is 0 Å². The largest absolute Gasteiger partial charge is 0.350 e. The van der Waals surface area contributed by atoms with Gasteiger partial charge in [0.05, 0.1) is 0 Å². The normalized spacial score (nSPS) is 11.3. The Bertz CT molecular complexity index is 655. The molecule has 0 radical (unpaired) electrons. The van der Waals surface area contributed by atoms with Gasteiger partial charge in [0.25, 0.3) is 0 Å². The molecule has 0 atom stereocenters. The van der Waals surface area contributed by atoms with E-state index in [0.29, 0.717) is 12.0 Å². The maximum atomic E-state index is 12.3. The van der Waals surface area contributed by atoms with Gasteiger partial charge < -0.3 is 4.57 Å². The first kappa shape index (κ1) is 14.8. The number of hydrogen-bond donors (Lipinski definition) is 2. The van der Waals surface area contributed by atoms with E-state index in [2.05, 4.69) is 0 Å². The molecular formula is C17H18N2O2. The molecular weight excluding hydrogens is 264 g/mol. The van der Waals surface area contributed by atoms with Gasteiger partial charge in [0.2, 0.25) is 0 Å². The number of rotatable bonds is 6. The number of carbonyl (C=O) groups excluding carboxylic acids is 1. The number of benzene rings is 1. The van der Waals surface area contributed by atoms with Gasteiger partial charge >= 0.3 is 0 Å². The highest BCUT2D eigenvalue weighted by atomic mass is 16.5. The van der Waals surface area contributed by atoms with Crippen molar-refractivity contribution in [2.24, 2.45) is 7.05 Å². The summed E-state index contributed by atoms with van der Waals surface area (Å²) >= 11 is 0. The Hall–Kier alpha value is -2.59. The molecule has 0 spiro atoms. The number of hydroxylamine groups is 1. The maximum Gasteiger partial charge on any atom is 0.168 e. The summed E-state index contributed by atoms with van der Waals surface area (Å²) in [6.45, 7) is 0. The van der Waals surface area contributed by atoms with E-state index in [0.717, 1.165) is 11.3 Å². The van der Waals surface area contributed by atoms with Crippen molar-refractivity contribution >= 4 is 11.9 Å². The van der Waals surface area contributed by atoms with E-state index in [1.165, 1.54) is 6.20 Å². The van der Waals surface area contributed by atoms with Crippen LogP contribution in [-0.4, -0.2) is 15.6 Å². The van der Waals surface area contributed by atoms with Crippen LogP contribution in [0.1, 0.15) is 21.6 Å². The average Bonchev–Trinajstić information content (AvgIpc) is 2.86. The Morgan fingerprint density at radius 1 is 1.29 bits per heavy atom. The molecule has 21 heavy (non-hydrogen) atoms. The summed E-state index contributed by atoms with van der Waals surface area (Å²) in [5, 5.41) is 8.41. The number of hydrogen-bond acceptors (Lipinski definition) is 3. The van der Waals surface area contributed by atoms with Crippen molar-refractivity contribution in [2.75, 3.05) is 0 Å². The maximum absolute atomic E-state index is 12.3. The molecule has 4 heteroatoms. The third-order valence-electron chi connectivity index (χ3n) is 3.12. The molecule has 0 aliphatic heterocycles. The number of nitrogens with one attached hydrogen (secondary N) is 1. The third-order valence-corrected chi connectivity index (χ3v) is 3.12. The van der Waals surface area contributed by atoms with Gasteiger partial charge in [-0.3, -0.25) is 15.5 Å². The van der Waals surface area contributed by atoms with Crippen LogP contribution in [0.3, 0.4) is 0 Å². The highest BCUT2D eigenvalue weighted by Crippen LogP contribution is 2.13. The highest BCUT2D eigenvalue weighted by Gasteiger charge is 2.10. The minimum Gasteiger partial charge on any atom is -0.350 e. The van der Waals surface area contributed by atoms with Gasteiger partial charge in [0, 0.05) is 37.1 Å². The van der Waals surface area contributed by atoms with Crippen LogP contribution in [0, 0.1) is 0 Å². The molecule has 0 bridgehead atoms. The number of ketones is 1. The van der Waals surface area contributed by atoms with Crippen LogP contribution in [0.5, 0.6) is 0 Å². The Labute approximate surface area is 124 Å². The first-order valence-corrected chi connectivity index (χ1v) is 6.67. The van der Waals surface area contributed by atoms with E-state index in [4.69, 9.17) is 5.21 Å². The third kappa shape index (κ3) is 4.19. The molecule has 0 aliphatic carbocycles. The van der Waals surface area contributed by atoms with E-state index < -0.39 is 0 Å². The molecule has 1 heterocycles. The lowest BCUT2D eigenvalue weighted by atomic mass is 10.1. The van der Waals surface area contributed by atoms with Crippen molar-refractivity contribution < 1.29 is 10.0 Å². The van der Waals surface area contributed by atoms with Gasteiger partial charge in [-0.2, -0.15) is 0 Å². The van der Waals surface area contributed by atoms with Gasteiger partial charge in [-0.1, -0.05) is 36.4 Å². The summed E-state index contributed by atoms with van der Waals surface area (Å²) < 4.78 is 1.90. The fourth-order valence-corrected chi connectivity index (χ4v) is 2.04. The Kier molecular flexibility index (Phi) is 5.12. The highest BCUT2D eigenvalue weighted by molar-refractivity contribution is 5.98. The molecule has 2 rings (SSSR count). The molecule has 0 amide bonds. The zero-order chi connectivity index (χ0) is 15.1. The second-order valence-corrected chi connectivity index (χ2v) is 4.70. The second kappa shape index (κ2) is 7.26. The van der Waals surface area contributed by atoms with Crippen molar-refractivity contribution in [2.45, 2.75) is 6.42 Å². The molecule has 4 nitrogen and oxygen atoms in total. The van der Waals surface area contributed by atoms with Crippen molar-refractivity contribution in [3.63, 3.8) is 0 Å². The van der Waals surface area contributed by atoms with Crippen LogP contribution in [0.25, 0.3) is 6.08 Å². The minimum atomic E-state index is 0.101.